The van der Waals surface area contributed by atoms with E-state index < -0.39 is 10.0 Å². The molecule has 3 rings (SSSR count). The molecule has 3 aromatic rings. The summed E-state index contributed by atoms with van der Waals surface area (Å²) in [7, 11) is -2.34. The Kier molecular flexibility index (Phi) is 8.36. The third kappa shape index (κ3) is 6.73. The minimum atomic E-state index is -3.96. The fourth-order valence-electron chi connectivity index (χ4n) is 3.37. The number of halogens is 1. The van der Waals surface area contributed by atoms with Crippen molar-refractivity contribution in [3.63, 3.8) is 0 Å². The molecule has 0 atom stereocenters. The Hall–Kier alpha value is -3.03. The van der Waals surface area contributed by atoms with Crippen molar-refractivity contribution in [1.82, 2.24) is 5.32 Å². The number of ether oxygens (including phenoxy) is 1. The molecule has 0 unspecified atom stereocenters. The molecule has 0 radical (unpaired) electrons. The molecule has 0 aliphatic carbocycles. The van der Waals surface area contributed by atoms with E-state index in [1.165, 1.54) is 24.3 Å². The molecule has 0 saturated heterocycles. The minimum Gasteiger partial charge on any atom is -0.497 e. The van der Waals surface area contributed by atoms with Crippen LogP contribution in [0.3, 0.4) is 0 Å². The molecule has 8 heteroatoms. The third-order valence-electron chi connectivity index (χ3n) is 5.08. The van der Waals surface area contributed by atoms with E-state index in [0.29, 0.717) is 23.7 Å². The predicted molar refractivity (Wildman–Crippen MR) is 131 cm³/mol. The number of nitrogens with zero attached hydrogens (tertiary/aromatic N) is 1. The number of amides is 1. The zero-order valence-corrected chi connectivity index (χ0v) is 20.2. The molecular formula is C25H27ClN2O4S. The third-order valence-corrected chi connectivity index (χ3v) is 7.12. The van der Waals surface area contributed by atoms with Crippen LogP contribution in [0.4, 0.5) is 5.69 Å². The summed E-state index contributed by atoms with van der Waals surface area (Å²) in [6.45, 7) is 1.97. The van der Waals surface area contributed by atoms with Crippen LogP contribution in [0.15, 0.2) is 77.7 Å². The Bertz CT molecular complexity index is 1200. The van der Waals surface area contributed by atoms with Crippen LogP contribution in [-0.2, 0) is 21.2 Å². The van der Waals surface area contributed by atoms with Gasteiger partial charge in [0.05, 0.1) is 17.7 Å². The van der Waals surface area contributed by atoms with Crippen molar-refractivity contribution < 1.29 is 17.9 Å². The Morgan fingerprint density at radius 3 is 2.45 bits per heavy atom. The molecule has 0 fully saturated rings. The molecule has 33 heavy (non-hydrogen) atoms. The topological polar surface area (TPSA) is 75.7 Å². The first-order valence-electron chi connectivity index (χ1n) is 10.5. The largest absolute Gasteiger partial charge is 0.497 e. The fourth-order valence-corrected chi connectivity index (χ4v) is 4.91. The van der Waals surface area contributed by atoms with Crippen LogP contribution in [0.2, 0.25) is 5.02 Å². The van der Waals surface area contributed by atoms with Gasteiger partial charge in [0.1, 0.15) is 12.3 Å². The number of anilines is 1. The Balaban J connectivity index is 1.69. The summed E-state index contributed by atoms with van der Waals surface area (Å²) in [5, 5.41) is 3.27. The molecule has 3 aromatic carbocycles. The highest BCUT2D eigenvalue weighted by Gasteiger charge is 2.27. The Morgan fingerprint density at radius 1 is 1.03 bits per heavy atom. The summed E-state index contributed by atoms with van der Waals surface area (Å²) in [6, 6.07) is 20.7. The molecule has 174 valence electrons. The van der Waals surface area contributed by atoms with Crippen molar-refractivity contribution in [1.29, 1.82) is 0 Å². The molecule has 0 heterocycles. The maximum atomic E-state index is 13.4. The van der Waals surface area contributed by atoms with Gasteiger partial charge in [-0.15, -0.1) is 0 Å². The van der Waals surface area contributed by atoms with E-state index in [1.54, 1.807) is 25.3 Å². The standard InChI is InChI=1S/C25H27ClN2O4S/c1-19-6-3-9-22(16-19)28(33(30,31)24-13-11-21(26)12-14-24)18-25(29)27-15-5-8-20-7-4-10-23(17-20)32-2/h3-4,6-7,9-14,16-17H,5,8,15,18H2,1-2H3,(H,27,29). The van der Waals surface area contributed by atoms with Gasteiger partial charge in [0.25, 0.3) is 10.0 Å². The Labute approximate surface area is 200 Å². The van der Waals surface area contributed by atoms with Crippen LogP contribution in [0.5, 0.6) is 5.75 Å². The maximum Gasteiger partial charge on any atom is 0.264 e. The molecular weight excluding hydrogens is 460 g/mol. The lowest BCUT2D eigenvalue weighted by molar-refractivity contribution is -0.119. The maximum absolute atomic E-state index is 13.4. The second kappa shape index (κ2) is 11.2. The average molecular weight is 487 g/mol. The van der Waals surface area contributed by atoms with Gasteiger partial charge in [-0.3, -0.25) is 9.10 Å². The number of nitrogens with one attached hydrogen (secondary N) is 1. The number of aryl methyl sites for hydroxylation is 2. The monoisotopic (exact) mass is 486 g/mol. The molecule has 0 aromatic heterocycles. The highest BCUT2D eigenvalue weighted by atomic mass is 35.5. The van der Waals surface area contributed by atoms with Gasteiger partial charge in [0.15, 0.2) is 0 Å². The highest BCUT2D eigenvalue weighted by Crippen LogP contribution is 2.25. The van der Waals surface area contributed by atoms with Gasteiger partial charge in [0, 0.05) is 11.6 Å². The summed E-state index contributed by atoms with van der Waals surface area (Å²) in [5.41, 5.74) is 2.43. The lowest BCUT2D eigenvalue weighted by Gasteiger charge is -2.24. The van der Waals surface area contributed by atoms with Crippen molar-refractivity contribution in [2.45, 2.75) is 24.7 Å². The number of hydrogen-bond donors (Lipinski definition) is 1. The number of methoxy groups -OCH3 is 1. The van der Waals surface area contributed by atoms with Crippen LogP contribution in [-0.4, -0.2) is 34.5 Å². The summed E-state index contributed by atoms with van der Waals surface area (Å²) < 4.78 is 33.1. The summed E-state index contributed by atoms with van der Waals surface area (Å²) in [4.78, 5) is 12.8. The summed E-state index contributed by atoms with van der Waals surface area (Å²) in [6.07, 6.45) is 1.48. The first kappa shape index (κ1) is 24.6. The summed E-state index contributed by atoms with van der Waals surface area (Å²) in [5.74, 6) is 0.414. The second-order valence-corrected chi connectivity index (χ2v) is 9.91. The molecule has 1 N–H and O–H groups in total. The number of hydrogen-bond acceptors (Lipinski definition) is 4. The van der Waals surface area contributed by atoms with Crippen molar-refractivity contribution in [2.75, 3.05) is 24.5 Å². The molecule has 0 aliphatic heterocycles. The van der Waals surface area contributed by atoms with Crippen molar-refractivity contribution in [3.8, 4) is 5.75 Å². The van der Waals surface area contributed by atoms with E-state index >= 15 is 0 Å². The normalized spacial score (nSPS) is 11.1. The minimum absolute atomic E-state index is 0.0687. The lowest BCUT2D eigenvalue weighted by Crippen LogP contribution is -2.41. The highest BCUT2D eigenvalue weighted by molar-refractivity contribution is 7.92. The zero-order chi connectivity index (χ0) is 23.8. The van der Waals surface area contributed by atoms with Crippen molar-refractivity contribution in [3.05, 3.63) is 88.9 Å². The summed E-state index contributed by atoms with van der Waals surface area (Å²) >= 11 is 5.92. The predicted octanol–water partition coefficient (Wildman–Crippen LogP) is 4.60. The van der Waals surface area contributed by atoms with E-state index in [-0.39, 0.29) is 17.3 Å². The quantitative estimate of drug-likeness (QED) is 0.425. The van der Waals surface area contributed by atoms with E-state index in [9.17, 15) is 13.2 Å². The molecule has 0 bridgehead atoms. The first-order valence-corrected chi connectivity index (χ1v) is 12.4. The zero-order valence-electron chi connectivity index (χ0n) is 18.6. The number of sulfonamides is 1. The number of carbonyl (C=O) groups is 1. The first-order chi connectivity index (χ1) is 15.8. The van der Waals surface area contributed by atoms with Crippen LogP contribution < -0.4 is 14.4 Å². The van der Waals surface area contributed by atoms with E-state index in [0.717, 1.165) is 27.6 Å². The molecule has 0 spiro atoms. The number of benzene rings is 3. The van der Waals surface area contributed by atoms with Crippen LogP contribution in [0.25, 0.3) is 0 Å². The van der Waals surface area contributed by atoms with Crippen LogP contribution in [0, 0.1) is 6.92 Å². The van der Waals surface area contributed by atoms with Crippen LogP contribution in [0.1, 0.15) is 17.5 Å². The van der Waals surface area contributed by atoms with Crippen molar-refractivity contribution in [2.24, 2.45) is 0 Å². The van der Waals surface area contributed by atoms with Crippen molar-refractivity contribution >= 4 is 33.2 Å². The van der Waals surface area contributed by atoms with Gasteiger partial charge in [-0.2, -0.15) is 0 Å². The van der Waals surface area contributed by atoms with Crippen LogP contribution >= 0.6 is 11.6 Å². The van der Waals surface area contributed by atoms with Gasteiger partial charge in [0.2, 0.25) is 5.91 Å². The lowest BCUT2D eigenvalue weighted by atomic mass is 10.1. The number of rotatable bonds is 10. The van der Waals surface area contributed by atoms with Gasteiger partial charge in [-0.05, 0) is 79.4 Å². The van der Waals surface area contributed by atoms with Gasteiger partial charge in [-0.25, -0.2) is 8.42 Å². The fraction of sp³-hybridized carbons (Fsp3) is 0.240. The Morgan fingerprint density at radius 2 is 1.76 bits per heavy atom. The smallest absolute Gasteiger partial charge is 0.264 e. The van der Waals surface area contributed by atoms with Gasteiger partial charge in [-0.1, -0.05) is 35.9 Å². The average Bonchev–Trinajstić information content (AvgIpc) is 2.80. The number of carbonyl (C=O) groups excluding carboxylic acids is 1. The van der Waals surface area contributed by atoms with E-state index in [1.807, 2.05) is 37.3 Å². The van der Waals surface area contributed by atoms with Gasteiger partial charge >= 0.3 is 0 Å². The molecule has 6 nitrogen and oxygen atoms in total. The molecule has 0 saturated carbocycles. The van der Waals surface area contributed by atoms with Gasteiger partial charge < -0.3 is 10.1 Å². The second-order valence-electron chi connectivity index (χ2n) is 7.61. The van der Waals surface area contributed by atoms with E-state index in [4.69, 9.17) is 16.3 Å². The van der Waals surface area contributed by atoms with E-state index in [2.05, 4.69) is 5.32 Å². The molecule has 1 amide bonds. The SMILES string of the molecule is COc1cccc(CCCNC(=O)CN(c2cccc(C)c2)S(=O)(=O)c2ccc(Cl)cc2)c1. The molecule has 0 aliphatic rings.